The number of nitrogens with zero attached hydrogens (tertiary/aromatic N) is 3. The van der Waals surface area contributed by atoms with Gasteiger partial charge in [-0.15, -0.1) is 0 Å². The molecule has 0 saturated carbocycles. The molecule has 3 rings (SSSR count). The van der Waals surface area contributed by atoms with E-state index in [0.717, 1.165) is 19.5 Å². The number of hydrogen-bond donors (Lipinski definition) is 2. The second-order valence-corrected chi connectivity index (χ2v) is 5.76. The summed E-state index contributed by atoms with van der Waals surface area (Å²) in [4.78, 5) is 14.8. The van der Waals surface area contributed by atoms with Gasteiger partial charge in [0, 0.05) is 31.4 Å². The van der Waals surface area contributed by atoms with E-state index in [2.05, 4.69) is 15.3 Å². The molecule has 3 heterocycles. The van der Waals surface area contributed by atoms with Crippen LogP contribution in [0.5, 0.6) is 0 Å². The highest BCUT2D eigenvalue weighted by Gasteiger charge is 2.36. The molecule has 20 heavy (non-hydrogen) atoms. The van der Waals surface area contributed by atoms with Gasteiger partial charge < -0.3 is 11.1 Å². The Morgan fingerprint density at radius 3 is 3.05 bits per heavy atom. The first kappa shape index (κ1) is 13.4. The number of fused-ring (bicyclic) bond motifs is 1. The van der Waals surface area contributed by atoms with Gasteiger partial charge in [-0.1, -0.05) is 6.42 Å². The van der Waals surface area contributed by atoms with Crippen LogP contribution in [0, 0.1) is 0 Å². The van der Waals surface area contributed by atoms with E-state index < -0.39 is 0 Å². The van der Waals surface area contributed by atoms with Crippen molar-refractivity contribution in [3.63, 3.8) is 0 Å². The summed E-state index contributed by atoms with van der Waals surface area (Å²) >= 11 is 0. The molecule has 6 heteroatoms. The van der Waals surface area contributed by atoms with Crippen LogP contribution in [0.15, 0.2) is 6.20 Å². The SMILES string of the molecule is CCn1cc(N)c(C(=O)NC2CCN3CCCCC23)n1. The third-order valence-electron chi connectivity index (χ3n) is 4.50. The molecule has 2 aliphatic rings. The van der Waals surface area contributed by atoms with Gasteiger partial charge in [0.1, 0.15) is 0 Å². The lowest BCUT2D eigenvalue weighted by Gasteiger charge is -2.32. The van der Waals surface area contributed by atoms with Crippen molar-refractivity contribution >= 4 is 11.6 Å². The lowest BCUT2D eigenvalue weighted by molar-refractivity contribution is 0.0910. The first-order chi connectivity index (χ1) is 9.69. The Kier molecular flexibility index (Phi) is 3.65. The van der Waals surface area contributed by atoms with Crippen LogP contribution >= 0.6 is 0 Å². The lowest BCUT2D eigenvalue weighted by atomic mass is 9.99. The number of anilines is 1. The van der Waals surface area contributed by atoms with Crippen LogP contribution in [-0.2, 0) is 6.54 Å². The number of carbonyl (C=O) groups is 1. The summed E-state index contributed by atoms with van der Waals surface area (Å²) in [5, 5.41) is 7.38. The number of nitrogens with two attached hydrogens (primary N) is 1. The van der Waals surface area contributed by atoms with Crippen LogP contribution in [0.1, 0.15) is 43.1 Å². The molecule has 0 radical (unpaired) electrons. The second kappa shape index (κ2) is 5.44. The first-order valence-electron chi connectivity index (χ1n) is 7.57. The topological polar surface area (TPSA) is 76.2 Å². The van der Waals surface area contributed by atoms with E-state index in [4.69, 9.17) is 5.73 Å². The molecule has 2 fully saturated rings. The number of nitrogen functional groups attached to an aromatic ring is 1. The van der Waals surface area contributed by atoms with Gasteiger partial charge in [0.05, 0.1) is 5.69 Å². The highest BCUT2D eigenvalue weighted by molar-refractivity contribution is 5.97. The molecule has 2 aliphatic heterocycles. The quantitative estimate of drug-likeness (QED) is 0.858. The maximum atomic E-state index is 12.3. The molecule has 1 amide bonds. The molecule has 2 atom stereocenters. The summed E-state index contributed by atoms with van der Waals surface area (Å²) in [6, 6.07) is 0.746. The van der Waals surface area contributed by atoms with Gasteiger partial charge in [-0.3, -0.25) is 14.4 Å². The lowest BCUT2D eigenvalue weighted by Crippen LogP contribution is -2.47. The van der Waals surface area contributed by atoms with Crippen molar-refractivity contribution < 1.29 is 4.79 Å². The number of aryl methyl sites for hydroxylation is 1. The van der Waals surface area contributed by atoms with Gasteiger partial charge in [0.15, 0.2) is 5.69 Å². The number of hydrogen-bond acceptors (Lipinski definition) is 4. The molecule has 0 aliphatic carbocycles. The van der Waals surface area contributed by atoms with Crippen LogP contribution in [0.2, 0.25) is 0 Å². The van der Waals surface area contributed by atoms with E-state index in [1.54, 1.807) is 10.9 Å². The van der Waals surface area contributed by atoms with Crippen LogP contribution in [0.25, 0.3) is 0 Å². The summed E-state index contributed by atoms with van der Waals surface area (Å²) in [6.07, 6.45) is 6.48. The normalized spacial score (nSPS) is 26.4. The number of piperidine rings is 1. The molecule has 1 aromatic rings. The smallest absolute Gasteiger partial charge is 0.274 e. The van der Waals surface area contributed by atoms with Crippen molar-refractivity contribution in [1.29, 1.82) is 0 Å². The third kappa shape index (κ3) is 2.40. The summed E-state index contributed by atoms with van der Waals surface area (Å²) in [6.45, 7) is 4.96. The maximum Gasteiger partial charge on any atom is 0.274 e. The van der Waals surface area contributed by atoms with Crippen molar-refractivity contribution in [3.05, 3.63) is 11.9 Å². The predicted molar refractivity (Wildman–Crippen MR) is 77.4 cm³/mol. The number of aromatic nitrogens is 2. The molecule has 2 unspecified atom stereocenters. The van der Waals surface area contributed by atoms with Crippen LogP contribution in [0.4, 0.5) is 5.69 Å². The Morgan fingerprint density at radius 2 is 2.30 bits per heavy atom. The predicted octanol–water partition coefficient (Wildman–Crippen LogP) is 0.842. The molecule has 0 bridgehead atoms. The highest BCUT2D eigenvalue weighted by Crippen LogP contribution is 2.27. The zero-order chi connectivity index (χ0) is 14.1. The number of nitrogens with one attached hydrogen (secondary N) is 1. The summed E-state index contributed by atoms with van der Waals surface area (Å²) in [7, 11) is 0. The molecular weight excluding hydrogens is 254 g/mol. The Bertz CT molecular complexity index is 498. The minimum absolute atomic E-state index is 0.132. The minimum atomic E-state index is -0.132. The summed E-state index contributed by atoms with van der Waals surface area (Å²) in [5.41, 5.74) is 6.69. The van der Waals surface area contributed by atoms with Crippen LogP contribution in [-0.4, -0.2) is 45.8 Å². The van der Waals surface area contributed by atoms with E-state index in [0.29, 0.717) is 17.4 Å². The Hall–Kier alpha value is -1.56. The van der Waals surface area contributed by atoms with E-state index in [1.807, 2.05) is 6.92 Å². The number of rotatable bonds is 3. The van der Waals surface area contributed by atoms with Gasteiger partial charge in [0.25, 0.3) is 5.91 Å². The van der Waals surface area contributed by atoms with Gasteiger partial charge in [-0.2, -0.15) is 5.10 Å². The Morgan fingerprint density at radius 1 is 1.45 bits per heavy atom. The molecule has 3 N–H and O–H groups in total. The molecule has 2 saturated heterocycles. The van der Waals surface area contributed by atoms with Crippen LogP contribution < -0.4 is 11.1 Å². The van der Waals surface area contributed by atoms with Crippen molar-refractivity contribution in [2.24, 2.45) is 0 Å². The number of amides is 1. The summed E-state index contributed by atoms with van der Waals surface area (Å²) in [5.74, 6) is -0.132. The Labute approximate surface area is 119 Å². The van der Waals surface area contributed by atoms with E-state index in [-0.39, 0.29) is 11.9 Å². The van der Waals surface area contributed by atoms with Crippen molar-refractivity contribution in [2.45, 2.75) is 51.2 Å². The van der Waals surface area contributed by atoms with E-state index in [9.17, 15) is 4.79 Å². The van der Waals surface area contributed by atoms with Crippen molar-refractivity contribution in [2.75, 3.05) is 18.8 Å². The van der Waals surface area contributed by atoms with Crippen molar-refractivity contribution in [3.8, 4) is 0 Å². The molecule has 110 valence electrons. The fourth-order valence-electron chi connectivity index (χ4n) is 3.43. The fraction of sp³-hybridized carbons (Fsp3) is 0.714. The molecule has 1 aromatic heterocycles. The zero-order valence-corrected chi connectivity index (χ0v) is 12.0. The second-order valence-electron chi connectivity index (χ2n) is 5.76. The summed E-state index contributed by atoms with van der Waals surface area (Å²) < 4.78 is 1.70. The van der Waals surface area contributed by atoms with Crippen molar-refractivity contribution in [1.82, 2.24) is 20.0 Å². The molecule has 0 spiro atoms. The van der Waals surface area contributed by atoms with Crippen LogP contribution in [0.3, 0.4) is 0 Å². The fourth-order valence-corrected chi connectivity index (χ4v) is 3.43. The van der Waals surface area contributed by atoms with E-state index in [1.165, 1.54) is 25.8 Å². The average Bonchev–Trinajstić information content (AvgIpc) is 3.03. The average molecular weight is 277 g/mol. The molecule has 0 aromatic carbocycles. The largest absolute Gasteiger partial charge is 0.396 e. The van der Waals surface area contributed by atoms with Gasteiger partial charge >= 0.3 is 0 Å². The van der Waals surface area contributed by atoms with Gasteiger partial charge in [0.2, 0.25) is 0 Å². The van der Waals surface area contributed by atoms with Gasteiger partial charge in [-0.25, -0.2) is 0 Å². The van der Waals surface area contributed by atoms with Gasteiger partial charge in [-0.05, 0) is 32.7 Å². The number of carbonyl (C=O) groups excluding carboxylic acids is 1. The van der Waals surface area contributed by atoms with E-state index >= 15 is 0 Å². The zero-order valence-electron chi connectivity index (χ0n) is 12.0. The molecule has 6 nitrogen and oxygen atoms in total. The minimum Gasteiger partial charge on any atom is -0.396 e. The monoisotopic (exact) mass is 277 g/mol. The molecular formula is C14H23N5O. The Balaban J connectivity index is 1.68. The first-order valence-corrected chi connectivity index (χ1v) is 7.57. The maximum absolute atomic E-state index is 12.3. The standard InChI is InChI=1S/C14H23N5O/c1-2-19-9-10(15)13(17-19)14(20)16-11-6-8-18-7-4-3-5-12(11)18/h9,11-12H,2-8,15H2,1H3,(H,16,20). The highest BCUT2D eigenvalue weighted by atomic mass is 16.2. The third-order valence-corrected chi connectivity index (χ3v) is 4.50.